The van der Waals surface area contributed by atoms with Crippen LogP contribution in [0.2, 0.25) is 29.8 Å². The fraction of sp³-hybridized carbons (Fsp3) is 0.300. The van der Waals surface area contributed by atoms with Gasteiger partial charge in [-0.1, -0.05) is 48.8 Å². The highest BCUT2D eigenvalue weighted by Gasteiger charge is 2.08. The number of aromatic nitrogens is 1. The molecule has 1 heterocycles. The van der Waals surface area contributed by atoms with Gasteiger partial charge >= 0.3 is 0 Å². The quantitative estimate of drug-likeness (QED) is 0.386. The van der Waals surface area contributed by atoms with Crippen molar-refractivity contribution in [1.82, 2.24) is 4.98 Å². The average molecular weight is 244 g/mol. The summed E-state index contributed by atoms with van der Waals surface area (Å²) in [5, 5.41) is 0.981. The lowest BCUT2D eigenvalue weighted by Gasteiger charge is -2.03. The van der Waals surface area contributed by atoms with Crippen molar-refractivity contribution in [3.05, 3.63) is 28.0 Å². The second-order valence-electron chi connectivity index (χ2n) is 3.99. The standard InChI is InChI=1S/C10H11Cl2NSi/c1-14(2,3)5-4-8-6-9(11)7-13-10(8)12/h6-7H,1-3H3. The van der Waals surface area contributed by atoms with E-state index in [1.54, 1.807) is 6.07 Å². The van der Waals surface area contributed by atoms with Gasteiger partial charge in [0.1, 0.15) is 13.2 Å². The summed E-state index contributed by atoms with van der Waals surface area (Å²) < 4.78 is 0. The van der Waals surface area contributed by atoms with Crippen LogP contribution in [-0.4, -0.2) is 13.1 Å². The molecule has 0 radical (unpaired) electrons. The Morgan fingerprint density at radius 1 is 1.29 bits per heavy atom. The van der Waals surface area contributed by atoms with E-state index in [0.29, 0.717) is 15.7 Å². The third kappa shape index (κ3) is 3.71. The Morgan fingerprint density at radius 2 is 1.93 bits per heavy atom. The summed E-state index contributed by atoms with van der Waals surface area (Å²) >= 11 is 11.7. The van der Waals surface area contributed by atoms with Crippen LogP contribution < -0.4 is 0 Å². The number of nitrogens with zero attached hydrogens (tertiary/aromatic N) is 1. The van der Waals surface area contributed by atoms with Crippen LogP contribution in [0.25, 0.3) is 0 Å². The lowest BCUT2D eigenvalue weighted by molar-refractivity contribution is 1.31. The van der Waals surface area contributed by atoms with Crippen LogP contribution in [-0.2, 0) is 0 Å². The first-order valence-electron chi connectivity index (χ1n) is 4.23. The highest BCUT2D eigenvalue weighted by molar-refractivity contribution is 6.83. The maximum atomic E-state index is 5.87. The topological polar surface area (TPSA) is 12.9 Å². The molecule has 0 saturated heterocycles. The Balaban J connectivity index is 3.06. The number of halogens is 2. The van der Waals surface area contributed by atoms with Gasteiger partial charge in [-0.25, -0.2) is 4.98 Å². The van der Waals surface area contributed by atoms with E-state index >= 15 is 0 Å². The van der Waals surface area contributed by atoms with Gasteiger partial charge in [0.05, 0.1) is 10.6 Å². The molecule has 0 bridgehead atoms. The molecular weight excluding hydrogens is 233 g/mol. The molecule has 0 amide bonds. The van der Waals surface area contributed by atoms with Gasteiger partial charge in [0.2, 0.25) is 0 Å². The fourth-order valence-electron chi connectivity index (χ4n) is 0.765. The zero-order chi connectivity index (χ0) is 10.8. The maximum Gasteiger partial charge on any atom is 0.144 e. The minimum absolute atomic E-state index is 0.417. The molecule has 0 saturated carbocycles. The molecule has 0 aliphatic rings. The van der Waals surface area contributed by atoms with Crippen molar-refractivity contribution in [3.63, 3.8) is 0 Å². The van der Waals surface area contributed by atoms with Crippen LogP contribution in [0.1, 0.15) is 5.56 Å². The van der Waals surface area contributed by atoms with Gasteiger partial charge in [0.25, 0.3) is 0 Å². The number of hydrogen-bond donors (Lipinski definition) is 0. The molecule has 0 N–H and O–H groups in total. The van der Waals surface area contributed by atoms with E-state index in [2.05, 4.69) is 36.1 Å². The van der Waals surface area contributed by atoms with E-state index < -0.39 is 8.07 Å². The van der Waals surface area contributed by atoms with Crippen LogP contribution in [0.15, 0.2) is 12.3 Å². The first-order chi connectivity index (χ1) is 6.38. The molecule has 0 atom stereocenters. The van der Waals surface area contributed by atoms with E-state index in [-0.39, 0.29) is 0 Å². The van der Waals surface area contributed by atoms with Gasteiger partial charge in [-0.15, -0.1) is 5.54 Å². The highest BCUT2D eigenvalue weighted by Crippen LogP contribution is 2.16. The Labute approximate surface area is 95.5 Å². The lowest BCUT2D eigenvalue weighted by atomic mass is 10.3. The Bertz CT molecular complexity index is 399. The van der Waals surface area contributed by atoms with Crippen LogP contribution in [0.4, 0.5) is 0 Å². The molecule has 1 rings (SSSR count). The summed E-state index contributed by atoms with van der Waals surface area (Å²) in [6, 6.07) is 1.74. The first-order valence-corrected chi connectivity index (χ1v) is 8.48. The molecule has 0 aliphatic heterocycles. The summed E-state index contributed by atoms with van der Waals surface area (Å²) in [5.74, 6) is 3.03. The van der Waals surface area contributed by atoms with E-state index in [0.717, 1.165) is 0 Å². The van der Waals surface area contributed by atoms with Gasteiger partial charge in [0.15, 0.2) is 0 Å². The molecule has 4 heteroatoms. The minimum atomic E-state index is -1.37. The molecule has 1 aromatic heterocycles. The molecule has 0 aromatic carbocycles. The van der Waals surface area contributed by atoms with E-state index in [1.165, 1.54) is 6.20 Å². The zero-order valence-electron chi connectivity index (χ0n) is 8.36. The summed E-state index contributed by atoms with van der Waals surface area (Å²) in [7, 11) is -1.37. The minimum Gasteiger partial charge on any atom is -0.242 e. The van der Waals surface area contributed by atoms with Crippen LogP contribution in [0, 0.1) is 11.5 Å². The van der Waals surface area contributed by atoms with E-state index in [9.17, 15) is 0 Å². The third-order valence-electron chi connectivity index (χ3n) is 1.38. The molecule has 14 heavy (non-hydrogen) atoms. The van der Waals surface area contributed by atoms with Crippen molar-refractivity contribution < 1.29 is 0 Å². The Kier molecular flexibility index (Phi) is 3.60. The van der Waals surface area contributed by atoms with Crippen molar-refractivity contribution in [2.45, 2.75) is 19.6 Å². The molecular formula is C10H11Cl2NSi. The van der Waals surface area contributed by atoms with Crippen LogP contribution in [0.5, 0.6) is 0 Å². The van der Waals surface area contributed by atoms with E-state index in [1.807, 2.05) is 0 Å². The maximum absolute atomic E-state index is 5.87. The molecule has 0 unspecified atom stereocenters. The molecule has 1 nitrogen and oxygen atoms in total. The van der Waals surface area contributed by atoms with Crippen LogP contribution in [0.3, 0.4) is 0 Å². The summed E-state index contributed by atoms with van der Waals surface area (Å²) in [5.41, 5.74) is 3.92. The zero-order valence-corrected chi connectivity index (χ0v) is 10.9. The van der Waals surface area contributed by atoms with Gasteiger partial charge in [-0.2, -0.15) is 0 Å². The number of pyridine rings is 1. The van der Waals surface area contributed by atoms with Crippen molar-refractivity contribution in [2.75, 3.05) is 0 Å². The summed E-state index contributed by atoms with van der Waals surface area (Å²) in [4.78, 5) is 3.93. The van der Waals surface area contributed by atoms with Crippen molar-refractivity contribution >= 4 is 31.3 Å². The number of hydrogen-bond acceptors (Lipinski definition) is 1. The lowest BCUT2D eigenvalue weighted by Crippen LogP contribution is -2.16. The Morgan fingerprint density at radius 3 is 2.50 bits per heavy atom. The molecule has 0 fully saturated rings. The fourth-order valence-corrected chi connectivity index (χ4v) is 1.58. The van der Waals surface area contributed by atoms with Gasteiger partial charge < -0.3 is 0 Å². The predicted octanol–water partition coefficient (Wildman–Crippen LogP) is 3.62. The van der Waals surface area contributed by atoms with Crippen molar-refractivity contribution in [3.8, 4) is 11.5 Å². The van der Waals surface area contributed by atoms with Crippen LogP contribution >= 0.6 is 23.2 Å². The van der Waals surface area contributed by atoms with Crippen molar-refractivity contribution in [1.29, 1.82) is 0 Å². The SMILES string of the molecule is C[Si](C)(C)C#Cc1cc(Cl)cnc1Cl. The second-order valence-corrected chi connectivity index (χ2v) is 9.54. The molecule has 74 valence electrons. The van der Waals surface area contributed by atoms with Crippen molar-refractivity contribution in [2.24, 2.45) is 0 Å². The smallest absolute Gasteiger partial charge is 0.144 e. The largest absolute Gasteiger partial charge is 0.242 e. The number of rotatable bonds is 0. The predicted molar refractivity (Wildman–Crippen MR) is 64.5 cm³/mol. The van der Waals surface area contributed by atoms with Gasteiger partial charge in [-0.3, -0.25) is 0 Å². The monoisotopic (exact) mass is 243 g/mol. The highest BCUT2D eigenvalue weighted by atomic mass is 35.5. The van der Waals surface area contributed by atoms with Gasteiger partial charge in [-0.05, 0) is 6.07 Å². The average Bonchev–Trinajstić information content (AvgIpc) is 2.05. The molecule has 1 aromatic rings. The summed E-state index contributed by atoms with van der Waals surface area (Å²) in [6.45, 7) is 6.52. The van der Waals surface area contributed by atoms with E-state index in [4.69, 9.17) is 23.2 Å². The summed E-state index contributed by atoms with van der Waals surface area (Å²) in [6.07, 6.45) is 1.52. The molecule has 0 spiro atoms. The molecule has 0 aliphatic carbocycles. The normalized spacial score (nSPS) is 10.6. The second kappa shape index (κ2) is 4.35. The Hall–Kier alpha value is -0.493. The first kappa shape index (κ1) is 11.6. The van der Waals surface area contributed by atoms with Gasteiger partial charge in [0, 0.05) is 6.20 Å². The third-order valence-corrected chi connectivity index (χ3v) is 2.76.